The summed E-state index contributed by atoms with van der Waals surface area (Å²) in [6.45, 7) is 10.1. The third-order valence-corrected chi connectivity index (χ3v) is 4.83. The van der Waals surface area contributed by atoms with Gasteiger partial charge in [-0.1, -0.05) is 26.0 Å². The Morgan fingerprint density at radius 3 is 2.60 bits per heavy atom. The Labute approximate surface area is 96.7 Å². The van der Waals surface area contributed by atoms with Gasteiger partial charge in [0.15, 0.2) is 0 Å². The van der Waals surface area contributed by atoms with Crippen molar-refractivity contribution in [1.82, 2.24) is 0 Å². The molecule has 0 amide bonds. The van der Waals surface area contributed by atoms with E-state index in [1.54, 1.807) is 0 Å². The van der Waals surface area contributed by atoms with Crippen molar-refractivity contribution in [3.63, 3.8) is 0 Å². The van der Waals surface area contributed by atoms with Crippen LogP contribution in [0.3, 0.4) is 0 Å². The quantitative estimate of drug-likeness (QED) is 0.773. The van der Waals surface area contributed by atoms with E-state index in [2.05, 4.69) is 45.1 Å². The molecule has 0 bridgehead atoms. The summed E-state index contributed by atoms with van der Waals surface area (Å²) < 4.78 is 0. The van der Waals surface area contributed by atoms with Crippen LogP contribution >= 0.6 is 11.8 Å². The fourth-order valence-corrected chi connectivity index (χ4v) is 3.27. The second-order valence-electron chi connectivity index (χ2n) is 4.68. The molecule has 1 heterocycles. The first-order valence-corrected chi connectivity index (χ1v) is 6.48. The first kappa shape index (κ1) is 10.9. The van der Waals surface area contributed by atoms with Crippen LogP contribution in [0.15, 0.2) is 17.0 Å². The summed E-state index contributed by atoms with van der Waals surface area (Å²) in [7, 11) is 0. The van der Waals surface area contributed by atoms with Crippen LogP contribution in [0.4, 0.5) is 5.69 Å². The lowest BCUT2D eigenvalue weighted by Crippen LogP contribution is -2.26. The molecular formula is C13H19NS. The van der Waals surface area contributed by atoms with Crippen LogP contribution < -0.4 is 5.32 Å². The molecule has 1 aromatic carbocycles. The van der Waals surface area contributed by atoms with Crippen LogP contribution in [0.1, 0.15) is 25.0 Å². The summed E-state index contributed by atoms with van der Waals surface area (Å²) in [6.07, 6.45) is 0. The van der Waals surface area contributed by atoms with Gasteiger partial charge in [-0.25, -0.2) is 0 Å². The zero-order chi connectivity index (χ0) is 11.0. The smallest absolute Gasteiger partial charge is 0.0511 e. The molecule has 15 heavy (non-hydrogen) atoms. The van der Waals surface area contributed by atoms with Gasteiger partial charge in [-0.2, -0.15) is 0 Å². The van der Waals surface area contributed by atoms with Crippen LogP contribution in [0, 0.1) is 19.8 Å². The Morgan fingerprint density at radius 1 is 1.27 bits per heavy atom. The Morgan fingerprint density at radius 2 is 1.93 bits per heavy atom. The molecule has 2 heteroatoms. The van der Waals surface area contributed by atoms with Crippen molar-refractivity contribution < 1.29 is 0 Å². The predicted octanol–water partition coefficient (Wildman–Crippen LogP) is 3.85. The van der Waals surface area contributed by atoms with Crippen molar-refractivity contribution in [3.05, 3.63) is 23.3 Å². The molecule has 0 fully saturated rings. The average Bonchev–Trinajstić information content (AvgIpc) is 2.23. The fraction of sp³-hybridized carbons (Fsp3) is 0.538. The topological polar surface area (TPSA) is 12.0 Å². The molecule has 1 aliphatic heterocycles. The fourth-order valence-electron chi connectivity index (χ4n) is 1.92. The van der Waals surface area contributed by atoms with Crippen molar-refractivity contribution in [1.29, 1.82) is 0 Å². The van der Waals surface area contributed by atoms with E-state index in [-0.39, 0.29) is 0 Å². The molecule has 1 unspecified atom stereocenters. The van der Waals surface area contributed by atoms with Crippen LogP contribution in [0.25, 0.3) is 0 Å². The molecule has 1 aliphatic rings. The molecule has 0 saturated heterocycles. The van der Waals surface area contributed by atoms with Gasteiger partial charge in [-0.3, -0.25) is 0 Å². The van der Waals surface area contributed by atoms with Gasteiger partial charge in [0.2, 0.25) is 0 Å². The van der Waals surface area contributed by atoms with E-state index in [0.717, 1.165) is 12.5 Å². The van der Waals surface area contributed by atoms with Crippen LogP contribution in [0.2, 0.25) is 0 Å². The van der Waals surface area contributed by atoms with Gasteiger partial charge in [0.1, 0.15) is 0 Å². The normalized spacial score (nSPS) is 19.9. The van der Waals surface area contributed by atoms with Crippen LogP contribution in [-0.4, -0.2) is 11.8 Å². The first-order valence-electron chi connectivity index (χ1n) is 5.60. The van der Waals surface area contributed by atoms with Gasteiger partial charge in [-0.15, -0.1) is 11.8 Å². The minimum atomic E-state index is 0.706. The van der Waals surface area contributed by atoms with Gasteiger partial charge >= 0.3 is 0 Å². The Balaban J connectivity index is 2.36. The molecule has 0 aromatic heterocycles. The summed E-state index contributed by atoms with van der Waals surface area (Å²) in [5.74, 6) is 0.732. The number of rotatable bonds is 1. The van der Waals surface area contributed by atoms with E-state index in [0.29, 0.717) is 5.25 Å². The number of benzene rings is 1. The maximum absolute atomic E-state index is 3.58. The second kappa shape index (κ2) is 4.09. The van der Waals surface area contributed by atoms with Crippen LogP contribution in [0.5, 0.6) is 0 Å². The molecule has 0 radical (unpaired) electrons. The highest BCUT2D eigenvalue weighted by Gasteiger charge is 2.23. The third kappa shape index (κ3) is 2.00. The molecular weight excluding hydrogens is 202 g/mol. The minimum absolute atomic E-state index is 0.706. The highest BCUT2D eigenvalue weighted by Crippen LogP contribution is 2.41. The number of hydrogen-bond acceptors (Lipinski definition) is 2. The molecule has 2 rings (SSSR count). The van der Waals surface area contributed by atoms with Gasteiger partial charge in [0.25, 0.3) is 0 Å². The summed E-state index contributed by atoms with van der Waals surface area (Å²) in [4.78, 5) is 1.46. The van der Waals surface area contributed by atoms with E-state index < -0.39 is 0 Å². The molecule has 0 saturated carbocycles. The Bertz CT molecular complexity index is 371. The maximum Gasteiger partial charge on any atom is 0.0511 e. The third-order valence-electron chi connectivity index (χ3n) is 3.06. The standard InChI is InChI=1S/C13H19NS/c1-8(2)11-7-14-12-9(3)5-6-10(4)13(12)15-11/h5-6,8,11,14H,7H2,1-4H3. The van der Waals surface area contributed by atoms with Gasteiger partial charge in [0, 0.05) is 16.7 Å². The molecule has 82 valence electrons. The molecule has 1 N–H and O–H groups in total. The van der Waals surface area contributed by atoms with Gasteiger partial charge in [-0.05, 0) is 30.9 Å². The van der Waals surface area contributed by atoms with Gasteiger partial charge in [0.05, 0.1) is 5.69 Å². The molecule has 0 aliphatic carbocycles. The molecule has 0 spiro atoms. The number of aryl methyl sites for hydroxylation is 2. The minimum Gasteiger partial charge on any atom is -0.383 e. The zero-order valence-corrected chi connectivity index (χ0v) is 10.7. The SMILES string of the molecule is Cc1ccc(C)c2c1NCC(C(C)C)S2. The summed E-state index contributed by atoms with van der Waals surface area (Å²) in [5, 5.41) is 4.29. The van der Waals surface area contributed by atoms with E-state index in [9.17, 15) is 0 Å². The predicted molar refractivity (Wildman–Crippen MR) is 68.9 cm³/mol. The average molecular weight is 221 g/mol. The molecule has 1 aromatic rings. The molecule has 1 nitrogen and oxygen atoms in total. The lowest BCUT2D eigenvalue weighted by atomic mass is 10.1. The summed E-state index contributed by atoms with van der Waals surface area (Å²) in [6, 6.07) is 4.43. The number of anilines is 1. The zero-order valence-electron chi connectivity index (χ0n) is 9.92. The van der Waals surface area contributed by atoms with Gasteiger partial charge < -0.3 is 5.32 Å². The number of fused-ring (bicyclic) bond motifs is 1. The Kier molecular flexibility index (Phi) is 2.96. The lowest BCUT2D eigenvalue weighted by molar-refractivity contribution is 0.619. The van der Waals surface area contributed by atoms with E-state index in [1.807, 2.05) is 11.8 Å². The number of nitrogens with one attached hydrogen (secondary N) is 1. The van der Waals surface area contributed by atoms with E-state index in [4.69, 9.17) is 0 Å². The van der Waals surface area contributed by atoms with Crippen molar-refractivity contribution in [3.8, 4) is 0 Å². The largest absolute Gasteiger partial charge is 0.383 e. The van der Waals surface area contributed by atoms with Crippen molar-refractivity contribution in [2.75, 3.05) is 11.9 Å². The summed E-state index contributed by atoms with van der Waals surface area (Å²) in [5.41, 5.74) is 4.13. The number of hydrogen-bond donors (Lipinski definition) is 1. The van der Waals surface area contributed by atoms with Crippen LogP contribution in [-0.2, 0) is 0 Å². The summed E-state index contributed by atoms with van der Waals surface area (Å²) >= 11 is 2.04. The highest BCUT2D eigenvalue weighted by atomic mass is 32.2. The monoisotopic (exact) mass is 221 g/mol. The van der Waals surface area contributed by atoms with E-state index >= 15 is 0 Å². The molecule has 1 atom stereocenters. The first-order chi connectivity index (χ1) is 7.09. The van der Waals surface area contributed by atoms with Crippen molar-refractivity contribution in [2.45, 2.75) is 37.8 Å². The second-order valence-corrected chi connectivity index (χ2v) is 5.93. The highest BCUT2D eigenvalue weighted by molar-refractivity contribution is 8.00. The Hall–Kier alpha value is -0.630. The van der Waals surface area contributed by atoms with E-state index in [1.165, 1.54) is 21.7 Å². The number of thioether (sulfide) groups is 1. The maximum atomic E-state index is 3.58. The lowest BCUT2D eigenvalue weighted by Gasteiger charge is -2.30. The van der Waals surface area contributed by atoms with Crippen molar-refractivity contribution in [2.24, 2.45) is 5.92 Å². The van der Waals surface area contributed by atoms with Crippen molar-refractivity contribution >= 4 is 17.4 Å².